The molecule has 21 heavy (non-hydrogen) atoms. The van der Waals surface area contributed by atoms with Gasteiger partial charge in [-0.2, -0.15) is 0 Å². The van der Waals surface area contributed by atoms with E-state index in [1.165, 1.54) is 0 Å². The van der Waals surface area contributed by atoms with Crippen LogP contribution in [0.2, 0.25) is 0 Å². The maximum absolute atomic E-state index is 11.6. The first-order chi connectivity index (χ1) is 10.1. The largest absolute Gasteiger partial charge is 0.479 e. The van der Waals surface area contributed by atoms with Crippen molar-refractivity contribution in [2.45, 2.75) is 44.1 Å². The lowest BCUT2D eigenvalue weighted by atomic mass is 9.73. The molecule has 0 saturated heterocycles. The van der Waals surface area contributed by atoms with Gasteiger partial charge in [-0.1, -0.05) is 41.9 Å². The maximum Gasteiger partial charge on any atom is 0.336 e. The SMILES string of the molecule is O=C(O)C(O)(CCc1ccccc1)C1CCCCC1=NO. The van der Waals surface area contributed by atoms with Crippen LogP contribution in [0.25, 0.3) is 0 Å². The summed E-state index contributed by atoms with van der Waals surface area (Å²) < 4.78 is 0. The van der Waals surface area contributed by atoms with Crippen molar-refractivity contribution >= 4 is 11.7 Å². The van der Waals surface area contributed by atoms with Gasteiger partial charge in [-0.3, -0.25) is 0 Å². The lowest BCUT2D eigenvalue weighted by Gasteiger charge is -2.35. The molecular weight excluding hydrogens is 270 g/mol. The highest BCUT2D eigenvalue weighted by molar-refractivity contribution is 5.93. The molecule has 3 N–H and O–H groups in total. The predicted molar refractivity (Wildman–Crippen MR) is 78.5 cm³/mol. The molecule has 5 nitrogen and oxygen atoms in total. The Morgan fingerprint density at radius 3 is 2.62 bits per heavy atom. The van der Waals surface area contributed by atoms with Gasteiger partial charge in [-0.05, 0) is 37.7 Å². The Bertz CT molecular complexity index is 514. The van der Waals surface area contributed by atoms with E-state index in [-0.39, 0.29) is 6.42 Å². The van der Waals surface area contributed by atoms with Crippen LogP contribution in [-0.2, 0) is 11.2 Å². The minimum atomic E-state index is -1.88. The second-order valence-electron chi connectivity index (χ2n) is 5.60. The molecule has 1 fully saturated rings. The standard InChI is InChI=1S/C16H21NO4/c18-15(19)16(20,11-10-12-6-2-1-3-7-12)13-8-4-5-9-14(13)17-21/h1-3,6-7,13,20-21H,4-5,8-11H2,(H,18,19). The molecule has 1 aliphatic rings. The van der Waals surface area contributed by atoms with Crippen molar-refractivity contribution in [2.75, 3.05) is 0 Å². The Balaban J connectivity index is 2.17. The second-order valence-corrected chi connectivity index (χ2v) is 5.60. The van der Waals surface area contributed by atoms with E-state index in [9.17, 15) is 15.0 Å². The third kappa shape index (κ3) is 3.42. The number of nitrogens with zero attached hydrogens (tertiary/aromatic N) is 1. The van der Waals surface area contributed by atoms with Crippen LogP contribution in [0.5, 0.6) is 0 Å². The van der Waals surface area contributed by atoms with Crippen LogP contribution in [0.1, 0.15) is 37.7 Å². The van der Waals surface area contributed by atoms with E-state index >= 15 is 0 Å². The highest BCUT2D eigenvalue weighted by Gasteiger charge is 2.47. The molecule has 0 heterocycles. The molecule has 0 amide bonds. The van der Waals surface area contributed by atoms with Gasteiger partial charge in [0.1, 0.15) is 0 Å². The molecule has 5 heteroatoms. The van der Waals surface area contributed by atoms with E-state index in [1.807, 2.05) is 30.3 Å². The van der Waals surface area contributed by atoms with E-state index < -0.39 is 17.5 Å². The Morgan fingerprint density at radius 2 is 2.00 bits per heavy atom. The molecule has 114 valence electrons. The van der Waals surface area contributed by atoms with Crippen molar-refractivity contribution in [2.24, 2.45) is 11.1 Å². The molecule has 1 saturated carbocycles. The lowest BCUT2D eigenvalue weighted by molar-refractivity contribution is -0.163. The van der Waals surface area contributed by atoms with E-state index in [0.29, 0.717) is 25.0 Å². The number of carbonyl (C=O) groups is 1. The molecule has 0 radical (unpaired) electrons. The summed E-state index contributed by atoms with van der Waals surface area (Å²) in [6, 6.07) is 9.48. The zero-order valence-electron chi connectivity index (χ0n) is 11.9. The summed E-state index contributed by atoms with van der Waals surface area (Å²) in [5.41, 5.74) is -0.493. The van der Waals surface area contributed by atoms with E-state index in [0.717, 1.165) is 18.4 Å². The Hall–Kier alpha value is -1.88. The number of aliphatic hydroxyl groups is 1. The molecule has 1 aliphatic carbocycles. The average molecular weight is 291 g/mol. The Morgan fingerprint density at radius 1 is 1.29 bits per heavy atom. The monoisotopic (exact) mass is 291 g/mol. The molecular formula is C16H21NO4. The number of carboxylic acids is 1. The Kier molecular flexibility index (Phi) is 4.96. The number of benzene rings is 1. The van der Waals surface area contributed by atoms with Crippen LogP contribution >= 0.6 is 0 Å². The normalized spacial score (nSPS) is 23.7. The summed E-state index contributed by atoms with van der Waals surface area (Å²) in [4.78, 5) is 11.6. The lowest BCUT2D eigenvalue weighted by Crippen LogP contribution is -2.50. The summed E-state index contributed by atoms with van der Waals surface area (Å²) in [6.07, 6.45) is 3.36. The third-order valence-electron chi connectivity index (χ3n) is 4.29. The smallest absolute Gasteiger partial charge is 0.336 e. The van der Waals surface area contributed by atoms with Crippen LogP contribution < -0.4 is 0 Å². The van der Waals surface area contributed by atoms with Crippen LogP contribution in [0.3, 0.4) is 0 Å². The molecule has 1 aromatic carbocycles. The van der Waals surface area contributed by atoms with E-state index in [4.69, 9.17) is 5.21 Å². The average Bonchev–Trinajstić information content (AvgIpc) is 2.53. The highest BCUT2D eigenvalue weighted by Crippen LogP contribution is 2.34. The van der Waals surface area contributed by atoms with Gasteiger partial charge in [0.25, 0.3) is 0 Å². The summed E-state index contributed by atoms with van der Waals surface area (Å²) in [7, 11) is 0. The van der Waals surface area contributed by atoms with E-state index in [1.54, 1.807) is 0 Å². The van der Waals surface area contributed by atoms with Crippen molar-refractivity contribution < 1.29 is 20.2 Å². The minimum Gasteiger partial charge on any atom is -0.479 e. The zero-order chi connectivity index (χ0) is 15.3. The van der Waals surface area contributed by atoms with Crippen LogP contribution in [0.15, 0.2) is 35.5 Å². The Labute approximate surface area is 123 Å². The third-order valence-corrected chi connectivity index (χ3v) is 4.29. The van der Waals surface area contributed by atoms with Crippen molar-refractivity contribution in [1.82, 2.24) is 0 Å². The van der Waals surface area contributed by atoms with Gasteiger partial charge < -0.3 is 15.4 Å². The number of hydrogen-bond donors (Lipinski definition) is 3. The van der Waals surface area contributed by atoms with Gasteiger partial charge in [0.15, 0.2) is 5.60 Å². The van der Waals surface area contributed by atoms with Gasteiger partial charge in [0.05, 0.1) is 5.71 Å². The van der Waals surface area contributed by atoms with Crippen molar-refractivity contribution in [3.8, 4) is 0 Å². The summed E-state index contributed by atoms with van der Waals surface area (Å²) >= 11 is 0. The fourth-order valence-electron chi connectivity index (χ4n) is 3.04. The van der Waals surface area contributed by atoms with Gasteiger partial charge in [-0.25, -0.2) is 4.79 Å². The molecule has 0 bridgehead atoms. The molecule has 2 unspecified atom stereocenters. The fourth-order valence-corrected chi connectivity index (χ4v) is 3.04. The summed E-state index contributed by atoms with van der Waals surface area (Å²) in [5.74, 6) is -1.86. The summed E-state index contributed by atoms with van der Waals surface area (Å²) in [5, 5.41) is 32.5. The first-order valence-electron chi connectivity index (χ1n) is 7.28. The van der Waals surface area contributed by atoms with Crippen molar-refractivity contribution in [3.05, 3.63) is 35.9 Å². The molecule has 0 spiro atoms. The quantitative estimate of drug-likeness (QED) is 0.574. The van der Waals surface area contributed by atoms with Gasteiger partial charge >= 0.3 is 5.97 Å². The van der Waals surface area contributed by atoms with Gasteiger partial charge in [0, 0.05) is 5.92 Å². The molecule has 0 aliphatic heterocycles. The number of aryl methyl sites for hydroxylation is 1. The zero-order valence-corrected chi connectivity index (χ0v) is 11.9. The second kappa shape index (κ2) is 6.72. The number of rotatable bonds is 5. The van der Waals surface area contributed by atoms with Gasteiger partial charge in [0.2, 0.25) is 0 Å². The fraction of sp³-hybridized carbons (Fsp3) is 0.500. The summed E-state index contributed by atoms with van der Waals surface area (Å²) in [6.45, 7) is 0. The van der Waals surface area contributed by atoms with Gasteiger partial charge in [-0.15, -0.1) is 0 Å². The van der Waals surface area contributed by atoms with Crippen LogP contribution in [0.4, 0.5) is 0 Å². The number of aliphatic carboxylic acids is 1. The first kappa shape index (κ1) is 15.5. The van der Waals surface area contributed by atoms with Crippen molar-refractivity contribution in [3.63, 3.8) is 0 Å². The minimum absolute atomic E-state index is 0.107. The van der Waals surface area contributed by atoms with Crippen LogP contribution in [-0.4, -0.2) is 32.7 Å². The topological polar surface area (TPSA) is 90.1 Å². The number of hydrogen-bond acceptors (Lipinski definition) is 4. The number of oxime groups is 1. The molecule has 2 atom stereocenters. The van der Waals surface area contributed by atoms with E-state index in [2.05, 4.69) is 5.16 Å². The molecule has 0 aromatic heterocycles. The molecule has 1 aromatic rings. The highest BCUT2D eigenvalue weighted by atomic mass is 16.4. The molecule has 2 rings (SSSR count). The van der Waals surface area contributed by atoms with Crippen molar-refractivity contribution in [1.29, 1.82) is 0 Å². The first-order valence-corrected chi connectivity index (χ1v) is 7.28. The number of carboxylic acid groups (broad SMARTS) is 1. The maximum atomic E-state index is 11.6. The van der Waals surface area contributed by atoms with Crippen LogP contribution in [0, 0.1) is 5.92 Å². The predicted octanol–water partition coefficient (Wildman–Crippen LogP) is 2.46.